The first-order valence-electron chi connectivity index (χ1n) is 7.62. The molecule has 0 fully saturated rings. The van der Waals surface area contributed by atoms with Crippen molar-refractivity contribution in [2.24, 2.45) is 0 Å². The fraction of sp³-hybridized carbons (Fsp3) is 0.118. The number of aromatic amines is 2. The molecule has 0 saturated carbocycles. The average molecular weight is 353 g/mol. The number of aryl methyl sites for hydroxylation is 1. The summed E-state index contributed by atoms with van der Waals surface area (Å²) in [5, 5.41) is 15.3. The Hall–Kier alpha value is -3.06. The van der Waals surface area contributed by atoms with Gasteiger partial charge in [0.1, 0.15) is 5.69 Å². The molecule has 4 aromatic rings. The third-order valence-corrected chi connectivity index (χ3v) is 4.21. The number of tetrazole rings is 1. The highest BCUT2D eigenvalue weighted by Crippen LogP contribution is 2.28. The van der Waals surface area contributed by atoms with Gasteiger partial charge in [0.15, 0.2) is 5.82 Å². The van der Waals surface area contributed by atoms with E-state index in [4.69, 9.17) is 11.6 Å². The number of nitrogens with zero attached hydrogens (tertiary/aromatic N) is 4. The van der Waals surface area contributed by atoms with Crippen molar-refractivity contribution < 1.29 is 4.79 Å². The maximum absolute atomic E-state index is 13.0. The number of hydrogen-bond acceptors (Lipinski definition) is 5. The zero-order valence-electron chi connectivity index (χ0n) is 13.2. The molecule has 7 nitrogen and oxygen atoms in total. The Balaban J connectivity index is 1.86. The molecular formula is C17H13ClN6O. The summed E-state index contributed by atoms with van der Waals surface area (Å²) in [4.78, 5) is 20.4. The number of fused-ring (bicyclic) bond motifs is 1. The maximum atomic E-state index is 13.0. The Morgan fingerprint density at radius 2 is 2.12 bits per heavy atom. The van der Waals surface area contributed by atoms with Crippen molar-refractivity contribution in [2.45, 2.75) is 13.3 Å². The fourth-order valence-electron chi connectivity index (χ4n) is 2.76. The van der Waals surface area contributed by atoms with Crippen LogP contribution in [0.3, 0.4) is 0 Å². The molecule has 3 heterocycles. The highest BCUT2D eigenvalue weighted by atomic mass is 35.5. The third kappa shape index (κ3) is 2.89. The van der Waals surface area contributed by atoms with E-state index in [0.717, 1.165) is 22.0 Å². The van der Waals surface area contributed by atoms with E-state index in [1.165, 1.54) is 0 Å². The van der Waals surface area contributed by atoms with Gasteiger partial charge >= 0.3 is 0 Å². The number of carbonyl (C=O) groups is 1. The molecule has 1 aromatic carbocycles. The topological polar surface area (TPSA) is 100 Å². The SMILES string of the molecule is Cc1ccc(C(=O)c2[nH]c3cc(Cl)ccc3c2Cc2nnn[nH]2)nc1. The van der Waals surface area contributed by atoms with E-state index in [0.29, 0.717) is 28.7 Å². The van der Waals surface area contributed by atoms with Gasteiger partial charge in [0.05, 0.1) is 5.69 Å². The van der Waals surface area contributed by atoms with Crippen LogP contribution in [0.15, 0.2) is 36.5 Å². The Kier molecular flexibility index (Phi) is 3.77. The molecule has 0 aliphatic carbocycles. The quantitative estimate of drug-likeness (QED) is 0.550. The van der Waals surface area contributed by atoms with Crippen molar-refractivity contribution >= 4 is 28.3 Å². The minimum Gasteiger partial charge on any atom is -0.351 e. The van der Waals surface area contributed by atoms with Crippen molar-refractivity contribution in [3.8, 4) is 0 Å². The summed E-state index contributed by atoms with van der Waals surface area (Å²) in [6, 6.07) is 9.04. The van der Waals surface area contributed by atoms with E-state index in [9.17, 15) is 4.79 Å². The van der Waals surface area contributed by atoms with Crippen LogP contribution in [0.5, 0.6) is 0 Å². The number of aromatic nitrogens is 6. The lowest BCUT2D eigenvalue weighted by Crippen LogP contribution is -2.08. The molecule has 8 heteroatoms. The molecule has 0 radical (unpaired) electrons. The molecule has 0 bridgehead atoms. The molecule has 4 rings (SSSR count). The van der Waals surface area contributed by atoms with Crippen LogP contribution >= 0.6 is 11.6 Å². The zero-order valence-corrected chi connectivity index (χ0v) is 14.0. The minimum atomic E-state index is -0.185. The van der Waals surface area contributed by atoms with E-state index in [1.807, 2.05) is 19.1 Å². The Morgan fingerprint density at radius 1 is 1.24 bits per heavy atom. The van der Waals surface area contributed by atoms with Crippen LogP contribution in [0, 0.1) is 6.92 Å². The van der Waals surface area contributed by atoms with Gasteiger partial charge in [-0.2, -0.15) is 0 Å². The highest BCUT2D eigenvalue weighted by Gasteiger charge is 2.21. The maximum Gasteiger partial charge on any atom is 0.227 e. The number of halogens is 1. The van der Waals surface area contributed by atoms with Crippen LogP contribution in [-0.4, -0.2) is 36.4 Å². The molecule has 0 aliphatic rings. The number of ketones is 1. The van der Waals surface area contributed by atoms with Crippen LogP contribution < -0.4 is 0 Å². The molecule has 0 saturated heterocycles. The van der Waals surface area contributed by atoms with Crippen molar-refractivity contribution in [2.75, 3.05) is 0 Å². The molecule has 0 spiro atoms. The Bertz CT molecular complexity index is 1050. The standard InChI is InChI=1S/C17H13ClN6O/c1-9-2-5-13(19-8-9)17(25)16-12(7-15-21-23-24-22-15)11-4-3-10(18)6-14(11)20-16/h2-6,8,20H,7H2,1H3,(H,21,22,23,24). The predicted octanol–water partition coefficient (Wildman–Crippen LogP) is 2.86. The van der Waals surface area contributed by atoms with E-state index < -0.39 is 0 Å². The van der Waals surface area contributed by atoms with Gasteiger partial charge in [0.25, 0.3) is 0 Å². The van der Waals surface area contributed by atoms with Crippen molar-refractivity contribution in [1.82, 2.24) is 30.6 Å². The van der Waals surface area contributed by atoms with Gasteiger partial charge in [-0.3, -0.25) is 9.78 Å². The summed E-state index contributed by atoms with van der Waals surface area (Å²) in [5.74, 6) is 0.386. The van der Waals surface area contributed by atoms with Gasteiger partial charge in [-0.15, -0.1) is 5.10 Å². The van der Waals surface area contributed by atoms with Gasteiger partial charge in [0, 0.05) is 28.5 Å². The normalized spacial score (nSPS) is 11.1. The molecule has 0 amide bonds. The summed E-state index contributed by atoms with van der Waals surface area (Å²) in [7, 11) is 0. The van der Waals surface area contributed by atoms with Gasteiger partial charge in [-0.1, -0.05) is 23.7 Å². The third-order valence-electron chi connectivity index (χ3n) is 3.97. The second-order valence-corrected chi connectivity index (χ2v) is 6.18. The van der Waals surface area contributed by atoms with Crippen LogP contribution in [0.25, 0.3) is 10.9 Å². The average Bonchev–Trinajstić information content (AvgIpc) is 3.23. The molecule has 2 N–H and O–H groups in total. The highest BCUT2D eigenvalue weighted by molar-refractivity contribution is 6.31. The summed E-state index contributed by atoms with van der Waals surface area (Å²) >= 11 is 6.08. The molecule has 0 atom stereocenters. The van der Waals surface area contributed by atoms with Crippen LogP contribution in [0.2, 0.25) is 5.02 Å². The Labute approximate surface area is 147 Å². The molecule has 124 valence electrons. The number of H-pyrrole nitrogens is 2. The minimum absolute atomic E-state index is 0.185. The van der Waals surface area contributed by atoms with Crippen molar-refractivity contribution in [3.63, 3.8) is 0 Å². The predicted molar refractivity (Wildman–Crippen MR) is 92.7 cm³/mol. The van der Waals surface area contributed by atoms with Gasteiger partial charge < -0.3 is 4.98 Å². The lowest BCUT2D eigenvalue weighted by molar-refractivity contribution is 0.103. The lowest BCUT2D eigenvalue weighted by Gasteiger charge is -2.03. The largest absolute Gasteiger partial charge is 0.351 e. The second-order valence-electron chi connectivity index (χ2n) is 5.74. The van der Waals surface area contributed by atoms with Crippen molar-refractivity contribution in [3.05, 3.63) is 69.9 Å². The van der Waals surface area contributed by atoms with Crippen LogP contribution in [0.1, 0.15) is 33.1 Å². The first kappa shape index (κ1) is 15.5. The number of benzene rings is 1. The number of carbonyl (C=O) groups excluding carboxylic acids is 1. The lowest BCUT2D eigenvalue weighted by atomic mass is 10.0. The van der Waals surface area contributed by atoms with Crippen LogP contribution in [0.4, 0.5) is 0 Å². The van der Waals surface area contributed by atoms with Gasteiger partial charge in [-0.25, -0.2) is 5.10 Å². The van der Waals surface area contributed by atoms with Crippen molar-refractivity contribution in [1.29, 1.82) is 0 Å². The summed E-state index contributed by atoms with van der Waals surface area (Å²) in [6.07, 6.45) is 2.06. The first-order chi connectivity index (χ1) is 12.1. The monoisotopic (exact) mass is 352 g/mol. The van der Waals surface area contributed by atoms with E-state index in [1.54, 1.807) is 24.4 Å². The number of rotatable bonds is 4. The summed E-state index contributed by atoms with van der Waals surface area (Å²) in [6.45, 7) is 1.93. The number of pyridine rings is 1. The second kappa shape index (κ2) is 6.10. The molecule has 0 aliphatic heterocycles. The van der Waals surface area contributed by atoms with Gasteiger partial charge in [0.2, 0.25) is 5.78 Å². The molecule has 25 heavy (non-hydrogen) atoms. The smallest absolute Gasteiger partial charge is 0.227 e. The Morgan fingerprint density at radius 3 is 2.84 bits per heavy atom. The molecular weight excluding hydrogens is 340 g/mol. The van der Waals surface area contributed by atoms with Gasteiger partial charge in [-0.05, 0) is 46.7 Å². The summed E-state index contributed by atoms with van der Waals surface area (Å²) < 4.78 is 0. The number of nitrogens with one attached hydrogen (secondary N) is 2. The van der Waals surface area contributed by atoms with E-state index in [2.05, 4.69) is 30.6 Å². The van der Waals surface area contributed by atoms with E-state index >= 15 is 0 Å². The zero-order chi connectivity index (χ0) is 17.4. The van der Waals surface area contributed by atoms with Crippen LogP contribution in [-0.2, 0) is 6.42 Å². The molecule has 0 unspecified atom stereocenters. The fourth-order valence-corrected chi connectivity index (χ4v) is 2.93. The van der Waals surface area contributed by atoms with E-state index in [-0.39, 0.29) is 5.78 Å². The molecule has 3 aromatic heterocycles. The number of hydrogen-bond donors (Lipinski definition) is 2. The summed E-state index contributed by atoms with van der Waals surface area (Å²) in [5.41, 5.74) is 3.42. The first-order valence-corrected chi connectivity index (χ1v) is 7.99.